The minimum atomic E-state index is -10.7. The number of aryl methyl sites for hydroxylation is 1. The van der Waals surface area contributed by atoms with Crippen LogP contribution in [0.25, 0.3) is 0 Å². The summed E-state index contributed by atoms with van der Waals surface area (Å²) in [6.07, 6.45) is -12.4. The number of esters is 2. The largest absolute Gasteiger partial charge is 0 e. The fraction of sp³-hybridized carbons (Fsp3) is 0.0676. The molecule has 28 nitrogen and oxygen atoms in total. The van der Waals surface area contributed by atoms with E-state index >= 15 is 0 Å². The number of aromatic carboxylic acids is 3. The van der Waals surface area contributed by atoms with Crippen LogP contribution in [0.3, 0.4) is 0 Å². The second-order valence-electron chi connectivity index (χ2n) is 24.4. The maximum absolute atomic E-state index is 13.1. The summed E-state index contributed by atoms with van der Waals surface area (Å²) in [6, 6.07) is 53.2. The monoisotopic (exact) mass is 2390 g/mol. The first kappa shape index (κ1) is 138. The van der Waals surface area contributed by atoms with Gasteiger partial charge in [0, 0.05) is 19.0 Å². The number of carbonyl (C=O) groups is 5. The minimum Gasteiger partial charge on any atom is 0 e. The molecule has 2 N–H and O–H groups in total. The summed E-state index contributed by atoms with van der Waals surface area (Å²) in [5.74, 6) is -5.78. The zero-order valence-electron chi connectivity index (χ0n) is 68.9. The molecule has 0 aliphatic heterocycles. The second-order valence-corrected chi connectivity index (χ2v) is 41.1. The Balaban J connectivity index is -0.000000372. The van der Waals surface area contributed by atoms with Crippen LogP contribution in [0.2, 0.25) is 10.0 Å². The number of halogens is 30. The molecule has 0 aromatic heterocycles. The fourth-order valence-electron chi connectivity index (χ4n) is 8.11. The van der Waals surface area contributed by atoms with Gasteiger partial charge in [-0.15, -0.1) is 0 Å². The Morgan fingerprint density at radius 1 is 0.413 bits per heavy atom. The van der Waals surface area contributed by atoms with Gasteiger partial charge in [-0.1, -0.05) is 144 Å². The zero-order chi connectivity index (χ0) is 111. The van der Waals surface area contributed by atoms with Crippen molar-refractivity contribution in [3.05, 3.63) is 328 Å². The quantitative estimate of drug-likeness (QED) is 0.0141. The molecule has 0 amide bonds. The summed E-state index contributed by atoms with van der Waals surface area (Å²) < 4.78 is 476. The van der Waals surface area contributed by atoms with E-state index in [1.165, 1.54) is 84.9 Å². The van der Waals surface area contributed by atoms with Gasteiger partial charge in [0.05, 0.1) is 92.8 Å². The van der Waals surface area contributed by atoms with E-state index in [2.05, 4.69) is 22.6 Å². The summed E-state index contributed by atoms with van der Waals surface area (Å²) >= 11 is 2.71. The number of ether oxygens (including phenoxy) is 2. The number of hydrogen-bond donors (Lipinski definition) is 2. The standard InChI is InChI=1S/C19H12Cl2F3S.C12H10O7S.C8H3BF6.2C7H6O5S.C7H8O3S.C7H6O2.C6H6O3S.CHF3O3S.BF3.F6P.7FH.Sb.2H2/c20-14-4-8-16(9-5-14)25(17-10-6-15(21)7-11-17)18-3-1-2-13(12-18)19(22,23)24;1-3-18-11(13)8-5-9(12(14)19-4-2)7-10(6-8)20(15,16)17;9-6-2-4(7(10,11)12)1-5(3-6)8(13,14)15;8-7(9)5-2-1-3-6(4-5)13(10,11)12;8-7(9)5-3-1-2-4-6(5)13(10,11)12;1-6-2-4-7(5-3-6)11(8,9)10;8-7(9)6-4-2-1-3-5-6;7-10(8,9)6-4-2-1-3-5-6;2-1(3,4)8(5,6)7;2-1(3)4;1-7(2,3,4,5)6;;;;;;;;;;/h1-12H;3-7H,1-2H2,(H,15,16,17);1-3H;2*1-4H,(H,8,9)(H,10,11,12);2-5H,1H3,(H,8,9,10);1-5H,(H,8,9);1-5H,(H,7,8,9);(H,5,6,7);;;7*1H;;2*1H/q+1;;;;;;;;;;-1;;;;;;;;+5;;/p-14. The molecule has 796 valence electrons. The zero-order valence-corrected chi connectivity index (χ0v) is 79.6. The molecule has 0 aliphatic rings. The van der Waals surface area contributed by atoms with Gasteiger partial charge in [-0.25, -0.2) is 69.7 Å². The molecule has 0 saturated heterocycles. The fourth-order valence-corrected chi connectivity index (χ4v) is 13.1. The molecule has 0 unspecified atom stereocenters. The van der Waals surface area contributed by atoms with E-state index in [4.69, 9.17) is 54.2 Å². The van der Waals surface area contributed by atoms with Crippen molar-refractivity contribution in [3.8, 4) is 0 Å². The van der Waals surface area contributed by atoms with Gasteiger partial charge < -0.3 is 66.3 Å². The predicted molar refractivity (Wildman–Crippen MR) is 445 cm³/mol. The summed E-state index contributed by atoms with van der Waals surface area (Å²) in [5.41, 5.74) is -9.89. The molecule has 0 saturated carbocycles. The van der Waals surface area contributed by atoms with Gasteiger partial charge in [0.25, 0.3) is 0 Å². The van der Waals surface area contributed by atoms with E-state index in [0.717, 1.165) is 76.4 Å². The van der Waals surface area contributed by atoms with E-state index in [9.17, 15) is 199 Å². The summed E-state index contributed by atoms with van der Waals surface area (Å²) in [7, 11) is -38.8. The van der Waals surface area contributed by atoms with Crippen LogP contribution in [0.5, 0.6) is 0 Å². The van der Waals surface area contributed by atoms with E-state index < -0.39 is 204 Å². The minimum absolute atomic E-state index is 0. The van der Waals surface area contributed by atoms with Gasteiger partial charge in [-0.3, -0.25) is 12.9 Å². The Morgan fingerprint density at radius 2 is 0.720 bits per heavy atom. The van der Waals surface area contributed by atoms with E-state index in [1.54, 1.807) is 66.7 Å². The summed E-state index contributed by atoms with van der Waals surface area (Å²) in [6.45, 7) is 8.13. The number of carboxylic acids is 3. The van der Waals surface area contributed by atoms with Crippen molar-refractivity contribution in [2.24, 2.45) is 0 Å². The summed E-state index contributed by atoms with van der Waals surface area (Å²) in [4.78, 5) is 53.9. The number of hydrogen-bond acceptors (Lipinski definition) is 26. The van der Waals surface area contributed by atoms with Crippen molar-refractivity contribution in [2.45, 2.75) is 70.1 Å². The van der Waals surface area contributed by atoms with Crippen molar-refractivity contribution < 1.29 is 244 Å². The first-order valence-corrected chi connectivity index (χ1v) is 51.7. The van der Waals surface area contributed by atoms with Gasteiger partial charge in [0.15, 0.2) is 24.8 Å². The Hall–Kier alpha value is -11.2. The van der Waals surface area contributed by atoms with Crippen molar-refractivity contribution >= 4 is 174 Å². The Bertz CT molecular complexity index is 6540. The Labute approximate surface area is 810 Å². The second kappa shape index (κ2) is 55.8. The summed E-state index contributed by atoms with van der Waals surface area (Å²) in [5, 5.41) is 28.2. The molecule has 0 aliphatic carbocycles. The molecular formula is C74H55B2Cl2F28O28PS7Sb-9. The molecule has 69 heteroatoms. The molecule has 0 heterocycles. The molecule has 0 spiro atoms. The maximum atomic E-state index is 13.1. The van der Waals surface area contributed by atoms with Crippen LogP contribution in [0.15, 0.2) is 308 Å². The van der Waals surface area contributed by atoms with Gasteiger partial charge in [-0.2, -0.15) is 52.7 Å². The van der Waals surface area contributed by atoms with E-state index in [1.807, 2.05) is 31.2 Å². The van der Waals surface area contributed by atoms with Gasteiger partial charge in [-0.05, 0) is 152 Å². The molecule has 10 rings (SSSR count). The van der Waals surface area contributed by atoms with Crippen LogP contribution in [-0.2, 0) is 99.6 Å². The molecule has 2 radical (unpaired) electrons. The number of carbonyl (C=O) groups excluding carboxylic acids is 3. The molecule has 0 fully saturated rings. The average Bonchev–Trinajstić information content (AvgIpc) is 0.788. The first-order valence-electron chi connectivity index (χ1n) is 34.4. The topological polar surface area (TPSA) is 511 Å². The number of rotatable bonds is 15. The molecule has 0 bridgehead atoms. The van der Waals surface area contributed by atoms with Gasteiger partial charge in [0.2, 0.25) is 0 Å². The Kier molecular flexibility index (Phi) is 53.9. The van der Waals surface area contributed by atoms with Crippen molar-refractivity contribution in [3.63, 3.8) is 0 Å². The van der Waals surface area contributed by atoms with Crippen molar-refractivity contribution in [1.82, 2.24) is 0 Å². The van der Waals surface area contributed by atoms with Crippen LogP contribution in [-0.4, -0.2) is 159 Å². The number of benzene rings is 10. The number of carboxylic acid groups (broad SMARTS) is 3. The van der Waals surface area contributed by atoms with Crippen LogP contribution in [0.1, 0.15) is 76.9 Å². The Morgan fingerprint density at radius 3 is 1.01 bits per heavy atom. The number of alkyl halides is 12. The van der Waals surface area contributed by atoms with Crippen molar-refractivity contribution in [2.75, 3.05) is 0 Å². The molecular weight excluding hydrogens is 2340 g/mol. The smallest absolute Gasteiger partial charge is 0 e. The third kappa shape index (κ3) is 63.6. The van der Waals surface area contributed by atoms with Crippen LogP contribution in [0.4, 0.5) is 105 Å². The van der Waals surface area contributed by atoms with Crippen LogP contribution < -0.4 is 20.0 Å². The molecule has 143 heavy (non-hydrogen) atoms. The average molecular weight is 2390 g/mol. The molecule has 0 atom stereocenters. The predicted octanol–water partition coefficient (Wildman–Crippen LogP) is 13.5. The molecule has 10 aromatic carbocycles. The van der Waals surface area contributed by atoms with Gasteiger partial charge in [0.1, 0.15) is 58.4 Å². The van der Waals surface area contributed by atoms with Gasteiger partial charge >= 0.3 is 123 Å². The third-order valence-electron chi connectivity index (χ3n) is 13.5. The first-order chi connectivity index (χ1) is 63.1. The maximum Gasteiger partial charge on any atom is 0 e. The van der Waals surface area contributed by atoms with Crippen molar-refractivity contribution in [1.29, 1.82) is 0 Å². The normalized spacial score (nSPS) is 12.0. The van der Waals surface area contributed by atoms with Crippen LogP contribution >= 0.6 is 31.0 Å². The van der Waals surface area contributed by atoms with E-state index in [0.29, 0.717) is 27.1 Å². The SMILES string of the molecule is C=COC(=O)c1cc(C(=O)OC=C)cc(S(=O)(=O)[O-])c1.Cc1ccc(S(=O)(=O)[O-])cc1.FB(F)F.FC(F)(F)c1cccc([S+](c2ccc(Cl)cc2)c2ccc(Cl)cc2)c1.F[P-](F)(F)(F)(F)F.O=C(O)c1cccc(S(=O)(=O)[O-])c1.O=C(O)c1ccccc1S(=O)(=O)[O-].O=C([O-])c1ccccc1.O=S(=O)([O-])C(F)(F)F.O=S(=O)([O-])c1ccccc1.[B]c1cc(C(F)(F)F)cc(C(F)(F)F)c1.[F-].[F-].[F][Sb]([F])([F])([F])[F].[HH].[HH]. The van der Waals surface area contributed by atoms with Crippen LogP contribution in [0, 0.1) is 6.92 Å². The van der Waals surface area contributed by atoms with E-state index in [-0.39, 0.29) is 50.4 Å². The molecule has 10 aromatic rings. The third-order valence-corrected chi connectivity index (χ3v) is 21.1.